The number of hydrogen-bond acceptors (Lipinski definition) is 7. The van der Waals surface area contributed by atoms with Crippen LogP contribution in [0.3, 0.4) is 0 Å². The molecule has 1 amide bonds. The molecular weight excluding hydrogens is 448 g/mol. The molecule has 0 unspecified atom stereocenters. The summed E-state index contributed by atoms with van der Waals surface area (Å²) in [5, 5.41) is 2.76. The molecule has 0 spiro atoms. The second-order valence-corrected chi connectivity index (χ2v) is 9.36. The molecule has 180 valence electrons. The highest BCUT2D eigenvalue weighted by molar-refractivity contribution is 7.89. The highest BCUT2D eigenvalue weighted by Gasteiger charge is 2.25. The zero-order chi connectivity index (χ0) is 23.8. The Labute approximate surface area is 194 Å². The first-order valence-corrected chi connectivity index (χ1v) is 12.3. The second-order valence-electron chi connectivity index (χ2n) is 7.31. The molecule has 0 fully saturated rings. The first-order valence-electron chi connectivity index (χ1n) is 10.9. The van der Waals surface area contributed by atoms with E-state index in [9.17, 15) is 13.2 Å². The third kappa shape index (κ3) is 6.29. The molecule has 2 aromatic rings. The Hall–Kier alpha value is -2.98. The number of sulfonamides is 1. The number of hydrogen-bond donors (Lipinski definition) is 1. The van der Waals surface area contributed by atoms with Gasteiger partial charge in [0, 0.05) is 19.7 Å². The van der Waals surface area contributed by atoms with Gasteiger partial charge in [-0.15, -0.1) is 0 Å². The molecule has 0 atom stereocenters. The smallest absolute Gasteiger partial charge is 0.243 e. The molecule has 0 bridgehead atoms. The average molecular weight is 479 g/mol. The quantitative estimate of drug-likeness (QED) is 0.528. The molecule has 0 saturated carbocycles. The van der Waals surface area contributed by atoms with Crippen LogP contribution in [0.25, 0.3) is 0 Å². The van der Waals surface area contributed by atoms with Crippen LogP contribution in [0.15, 0.2) is 41.3 Å². The van der Waals surface area contributed by atoms with Crippen LogP contribution in [0.5, 0.6) is 23.0 Å². The lowest BCUT2D eigenvalue weighted by atomic mass is 10.1. The Morgan fingerprint density at radius 1 is 1.00 bits per heavy atom. The Kier molecular flexibility index (Phi) is 8.40. The monoisotopic (exact) mass is 478 g/mol. The predicted molar refractivity (Wildman–Crippen MR) is 123 cm³/mol. The van der Waals surface area contributed by atoms with Gasteiger partial charge in [0.2, 0.25) is 15.9 Å². The summed E-state index contributed by atoms with van der Waals surface area (Å²) in [6, 6.07) is 10.1. The fraction of sp³-hybridized carbons (Fsp3) is 0.435. The molecule has 1 heterocycles. The topological polar surface area (TPSA) is 103 Å². The summed E-state index contributed by atoms with van der Waals surface area (Å²) in [5.74, 6) is 1.82. The van der Waals surface area contributed by atoms with E-state index >= 15 is 0 Å². The Morgan fingerprint density at radius 3 is 2.42 bits per heavy atom. The standard InChI is InChI=1S/C23H30N2O7S/c1-4-29-19-8-6-17(14-21(19)30-5-2)10-11-24-23(26)16-25(3)33(27,28)18-7-9-20-22(15-18)32-13-12-31-20/h6-9,14-15H,4-5,10-13,16H2,1-3H3,(H,24,26). The molecular formula is C23H30N2O7S. The van der Waals surface area contributed by atoms with Crippen molar-refractivity contribution in [2.75, 3.05) is 46.6 Å². The lowest BCUT2D eigenvalue weighted by molar-refractivity contribution is -0.121. The van der Waals surface area contributed by atoms with Gasteiger partial charge in [0.15, 0.2) is 23.0 Å². The average Bonchev–Trinajstić information content (AvgIpc) is 2.80. The molecule has 1 aliphatic rings. The van der Waals surface area contributed by atoms with Crippen molar-refractivity contribution in [1.29, 1.82) is 0 Å². The van der Waals surface area contributed by atoms with Gasteiger partial charge in [0.25, 0.3) is 0 Å². The lowest BCUT2D eigenvalue weighted by Crippen LogP contribution is -2.39. The van der Waals surface area contributed by atoms with Crippen molar-refractivity contribution in [3.8, 4) is 23.0 Å². The molecule has 2 aromatic carbocycles. The third-order valence-corrected chi connectivity index (χ3v) is 6.73. The fourth-order valence-electron chi connectivity index (χ4n) is 3.30. The minimum absolute atomic E-state index is 0.0416. The van der Waals surface area contributed by atoms with E-state index in [1.807, 2.05) is 32.0 Å². The lowest BCUT2D eigenvalue weighted by Gasteiger charge is -2.21. The van der Waals surface area contributed by atoms with Crippen LogP contribution in [0, 0.1) is 0 Å². The third-order valence-electron chi connectivity index (χ3n) is 4.93. The van der Waals surface area contributed by atoms with Crippen LogP contribution in [0.1, 0.15) is 19.4 Å². The molecule has 0 saturated heterocycles. The molecule has 0 aliphatic carbocycles. The van der Waals surface area contributed by atoms with Gasteiger partial charge < -0.3 is 24.3 Å². The maximum absolute atomic E-state index is 12.9. The van der Waals surface area contributed by atoms with Gasteiger partial charge in [0.1, 0.15) is 13.2 Å². The summed E-state index contributed by atoms with van der Waals surface area (Å²) >= 11 is 0. The molecule has 1 aliphatic heterocycles. The number of amides is 1. The highest BCUT2D eigenvalue weighted by atomic mass is 32.2. The van der Waals surface area contributed by atoms with Gasteiger partial charge in [0.05, 0.1) is 24.7 Å². The number of benzene rings is 2. The maximum Gasteiger partial charge on any atom is 0.243 e. The van der Waals surface area contributed by atoms with Crippen molar-refractivity contribution < 1.29 is 32.2 Å². The molecule has 10 heteroatoms. The maximum atomic E-state index is 12.9. The van der Waals surface area contributed by atoms with Crippen molar-refractivity contribution in [1.82, 2.24) is 9.62 Å². The number of nitrogens with zero attached hydrogens (tertiary/aromatic N) is 1. The van der Waals surface area contributed by atoms with E-state index in [0.29, 0.717) is 62.4 Å². The van der Waals surface area contributed by atoms with E-state index in [-0.39, 0.29) is 11.4 Å². The number of ether oxygens (including phenoxy) is 4. The number of carbonyl (C=O) groups is 1. The van der Waals surface area contributed by atoms with Gasteiger partial charge in [-0.25, -0.2) is 8.42 Å². The van der Waals surface area contributed by atoms with Crippen molar-refractivity contribution in [2.24, 2.45) is 0 Å². The molecule has 0 aromatic heterocycles. The van der Waals surface area contributed by atoms with E-state index in [1.165, 1.54) is 19.2 Å². The Bertz CT molecular complexity index is 1070. The Morgan fingerprint density at radius 2 is 1.70 bits per heavy atom. The molecule has 9 nitrogen and oxygen atoms in total. The van der Waals surface area contributed by atoms with Crippen LogP contribution in [0.4, 0.5) is 0 Å². The van der Waals surface area contributed by atoms with Crippen molar-refractivity contribution in [3.63, 3.8) is 0 Å². The number of carbonyl (C=O) groups excluding carboxylic acids is 1. The number of nitrogens with one attached hydrogen (secondary N) is 1. The van der Waals surface area contributed by atoms with Gasteiger partial charge in [-0.2, -0.15) is 4.31 Å². The van der Waals surface area contributed by atoms with Crippen LogP contribution in [-0.2, 0) is 21.2 Å². The number of fused-ring (bicyclic) bond motifs is 1. The predicted octanol–water partition coefficient (Wildman–Crippen LogP) is 2.23. The summed E-state index contributed by atoms with van der Waals surface area (Å²) in [7, 11) is -2.49. The van der Waals surface area contributed by atoms with Gasteiger partial charge in [-0.1, -0.05) is 6.07 Å². The molecule has 0 radical (unpaired) electrons. The first kappa shape index (κ1) is 24.7. The van der Waals surface area contributed by atoms with E-state index in [4.69, 9.17) is 18.9 Å². The summed E-state index contributed by atoms with van der Waals surface area (Å²) in [4.78, 5) is 12.4. The first-order chi connectivity index (χ1) is 15.8. The van der Waals surface area contributed by atoms with E-state index in [2.05, 4.69) is 5.32 Å². The van der Waals surface area contributed by atoms with Crippen molar-refractivity contribution in [3.05, 3.63) is 42.0 Å². The van der Waals surface area contributed by atoms with Crippen molar-refractivity contribution >= 4 is 15.9 Å². The van der Waals surface area contributed by atoms with Crippen LogP contribution in [0.2, 0.25) is 0 Å². The zero-order valence-electron chi connectivity index (χ0n) is 19.1. The van der Waals surface area contributed by atoms with Gasteiger partial charge >= 0.3 is 0 Å². The number of rotatable bonds is 11. The fourth-order valence-corrected chi connectivity index (χ4v) is 4.45. The summed E-state index contributed by atoms with van der Waals surface area (Å²) < 4.78 is 48.8. The van der Waals surface area contributed by atoms with Crippen molar-refractivity contribution in [2.45, 2.75) is 25.2 Å². The van der Waals surface area contributed by atoms with E-state index in [1.54, 1.807) is 6.07 Å². The minimum Gasteiger partial charge on any atom is -0.490 e. The largest absolute Gasteiger partial charge is 0.490 e. The number of likely N-dealkylation sites (N-methyl/N-ethyl adjacent to an activating group) is 1. The summed E-state index contributed by atoms with van der Waals surface area (Å²) in [6.45, 7) is 5.70. The second kappa shape index (κ2) is 11.2. The van der Waals surface area contributed by atoms with Gasteiger partial charge in [-0.05, 0) is 50.1 Å². The van der Waals surface area contributed by atoms with Crippen LogP contribution >= 0.6 is 0 Å². The Balaban J connectivity index is 1.54. The molecule has 1 N–H and O–H groups in total. The van der Waals surface area contributed by atoms with E-state index < -0.39 is 15.9 Å². The normalized spacial score (nSPS) is 13.0. The van der Waals surface area contributed by atoms with Crippen LogP contribution in [-0.4, -0.2) is 65.2 Å². The zero-order valence-corrected chi connectivity index (χ0v) is 19.9. The minimum atomic E-state index is -3.86. The highest BCUT2D eigenvalue weighted by Crippen LogP contribution is 2.33. The van der Waals surface area contributed by atoms with E-state index in [0.717, 1.165) is 9.87 Å². The van der Waals surface area contributed by atoms with Crippen LogP contribution < -0.4 is 24.3 Å². The molecule has 33 heavy (non-hydrogen) atoms. The van der Waals surface area contributed by atoms with Gasteiger partial charge in [-0.3, -0.25) is 4.79 Å². The molecule has 3 rings (SSSR count). The SMILES string of the molecule is CCOc1ccc(CCNC(=O)CN(C)S(=O)(=O)c2ccc3c(c2)OCCO3)cc1OCC. The summed E-state index contributed by atoms with van der Waals surface area (Å²) in [6.07, 6.45) is 0.566. The summed E-state index contributed by atoms with van der Waals surface area (Å²) in [5.41, 5.74) is 0.972.